The summed E-state index contributed by atoms with van der Waals surface area (Å²) in [5.41, 5.74) is 5.85. The molecule has 1 rings (SSSR count). The maximum atomic E-state index is 12.4. The summed E-state index contributed by atoms with van der Waals surface area (Å²) in [7, 11) is 2.29. The Morgan fingerprint density at radius 3 is 2.44 bits per heavy atom. The highest BCUT2D eigenvalue weighted by Gasteiger charge is 2.29. The first-order chi connectivity index (χ1) is 12.6. The number of nitrogens with two attached hydrogens (primary N) is 1. The zero-order valence-corrected chi connectivity index (χ0v) is 16.2. The summed E-state index contributed by atoms with van der Waals surface area (Å²) in [5.74, 6) is -2.05. The van der Waals surface area contributed by atoms with Gasteiger partial charge in [-0.3, -0.25) is 4.90 Å². The summed E-state index contributed by atoms with van der Waals surface area (Å²) in [6, 6.07) is 0. The summed E-state index contributed by atoms with van der Waals surface area (Å²) in [5, 5.41) is 0. The van der Waals surface area contributed by atoms with Crippen LogP contribution in [0.3, 0.4) is 0 Å². The van der Waals surface area contributed by atoms with Gasteiger partial charge in [-0.15, -0.1) is 0 Å². The summed E-state index contributed by atoms with van der Waals surface area (Å²) in [4.78, 5) is 36.8. The highest BCUT2D eigenvalue weighted by molar-refractivity contribution is 5.94. The van der Waals surface area contributed by atoms with Crippen molar-refractivity contribution in [3.8, 4) is 0 Å². The first-order valence-electron chi connectivity index (χ1n) is 8.15. The van der Waals surface area contributed by atoms with Crippen molar-refractivity contribution in [2.75, 3.05) is 40.6 Å². The maximum Gasteiger partial charge on any atom is 0.414 e. The molecule has 0 spiro atoms. The molecule has 0 aromatic rings. The van der Waals surface area contributed by atoms with Crippen LogP contribution < -0.4 is 5.73 Å². The molecule has 1 amide bonds. The van der Waals surface area contributed by atoms with Gasteiger partial charge in [0.2, 0.25) is 5.76 Å². The lowest BCUT2D eigenvalue weighted by atomic mass is 10.2. The van der Waals surface area contributed by atoms with E-state index in [1.54, 1.807) is 20.8 Å². The molecule has 0 unspecified atom stereocenters. The molecule has 0 radical (unpaired) electrons. The Morgan fingerprint density at radius 1 is 1.22 bits per heavy atom. The van der Waals surface area contributed by atoms with Crippen molar-refractivity contribution in [1.29, 1.82) is 0 Å². The minimum Gasteiger partial charge on any atom is -0.480 e. The van der Waals surface area contributed by atoms with Crippen LogP contribution in [0.15, 0.2) is 23.2 Å². The number of hydrogen-bond acceptors (Lipinski definition) is 9. The van der Waals surface area contributed by atoms with Crippen LogP contribution in [-0.4, -0.2) is 69.1 Å². The highest BCUT2D eigenvalue weighted by atomic mass is 16.6. The molecule has 1 aliphatic heterocycles. The molecule has 1 aliphatic rings. The standard InChI is InChI=1S/C17H26N2O8/c1-17(2,3)27-16(22)19-6-7-25-10-12(19)11(18)9-26-13(15(21)24-5)8-14(20)23-4/h8H,6-7,9-10,18H2,1-5H3. The Balaban J connectivity index is 2.96. The van der Waals surface area contributed by atoms with Crippen LogP contribution in [0.5, 0.6) is 0 Å². The Bertz CT molecular complexity index is 633. The number of ether oxygens (including phenoxy) is 5. The molecule has 10 heteroatoms. The van der Waals surface area contributed by atoms with Crippen molar-refractivity contribution in [3.63, 3.8) is 0 Å². The van der Waals surface area contributed by atoms with E-state index in [2.05, 4.69) is 9.47 Å². The number of esters is 2. The smallest absolute Gasteiger partial charge is 0.414 e. The lowest BCUT2D eigenvalue weighted by Gasteiger charge is -2.32. The largest absolute Gasteiger partial charge is 0.480 e. The molecule has 0 saturated carbocycles. The zero-order valence-electron chi connectivity index (χ0n) is 16.2. The third-order valence-corrected chi connectivity index (χ3v) is 3.23. The highest BCUT2D eigenvalue weighted by Crippen LogP contribution is 2.19. The van der Waals surface area contributed by atoms with Gasteiger partial charge in [0.25, 0.3) is 0 Å². The SMILES string of the molecule is COC(=O)C=C(OCC(N)=C1COCCN1C(=O)OC(C)(C)C)C(=O)OC. The van der Waals surface area contributed by atoms with Crippen LogP contribution in [-0.2, 0) is 33.3 Å². The normalized spacial score (nSPS) is 17.1. The van der Waals surface area contributed by atoms with Crippen LogP contribution in [0.25, 0.3) is 0 Å². The van der Waals surface area contributed by atoms with Gasteiger partial charge < -0.3 is 29.4 Å². The fraction of sp³-hybridized carbons (Fsp3) is 0.588. The van der Waals surface area contributed by atoms with Gasteiger partial charge in [0.15, 0.2) is 0 Å². The second kappa shape index (κ2) is 9.81. The van der Waals surface area contributed by atoms with Gasteiger partial charge >= 0.3 is 18.0 Å². The van der Waals surface area contributed by atoms with E-state index in [0.29, 0.717) is 12.3 Å². The Hall–Kier alpha value is -2.75. The minimum atomic E-state index is -0.873. The number of rotatable bonds is 5. The number of carbonyl (C=O) groups excluding carboxylic acids is 3. The van der Waals surface area contributed by atoms with Crippen molar-refractivity contribution in [2.24, 2.45) is 5.73 Å². The van der Waals surface area contributed by atoms with E-state index in [4.69, 9.17) is 19.9 Å². The van der Waals surface area contributed by atoms with Gasteiger partial charge in [-0.1, -0.05) is 0 Å². The lowest BCUT2D eigenvalue weighted by Crippen LogP contribution is -2.43. The molecule has 0 aromatic heterocycles. The first-order valence-corrected chi connectivity index (χ1v) is 8.15. The number of amides is 1. The molecule has 0 bridgehead atoms. The van der Waals surface area contributed by atoms with Gasteiger partial charge in [-0.25, -0.2) is 14.4 Å². The van der Waals surface area contributed by atoms with E-state index >= 15 is 0 Å². The van der Waals surface area contributed by atoms with E-state index in [9.17, 15) is 14.4 Å². The number of morpholine rings is 1. The monoisotopic (exact) mass is 386 g/mol. The summed E-state index contributed by atoms with van der Waals surface area (Å²) < 4.78 is 25.0. The fourth-order valence-electron chi connectivity index (χ4n) is 1.99. The van der Waals surface area contributed by atoms with Crippen molar-refractivity contribution in [1.82, 2.24) is 4.90 Å². The summed E-state index contributed by atoms with van der Waals surface area (Å²) in [6.07, 6.45) is 0.273. The number of nitrogens with zero attached hydrogens (tertiary/aromatic N) is 1. The van der Waals surface area contributed by atoms with Crippen LogP contribution in [0, 0.1) is 0 Å². The second-order valence-electron chi connectivity index (χ2n) is 6.47. The predicted molar refractivity (Wildman–Crippen MR) is 93.0 cm³/mol. The Morgan fingerprint density at radius 2 is 1.89 bits per heavy atom. The molecule has 1 heterocycles. The molecule has 1 fully saturated rings. The molecule has 27 heavy (non-hydrogen) atoms. The molecular formula is C17H26N2O8. The van der Waals surface area contributed by atoms with Gasteiger partial charge in [0.05, 0.1) is 51.4 Å². The van der Waals surface area contributed by atoms with Crippen molar-refractivity contribution in [3.05, 3.63) is 23.2 Å². The van der Waals surface area contributed by atoms with Crippen molar-refractivity contribution >= 4 is 18.0 Å². The Kier molecular flexibility index (Phi) is 8.10. The number of carbonyl (C=O) groups is 3. The predicted octanol–water partition coefficient (Wildman–Crippen LogP) is 0.671. The second-order valence-corrected chi connectivity index (χ2v) is 6.47. The molecule has 1 saturated heterocycles. The number of hydrogen-bond donors (Lipinski definition) is 1. The van der Waals surface area contributed by atoms with Gasteiger partial charge in [0, 0.05) is 0 Å². The van der Waals surface area contributed by atoms with Gasteiger partial charge in [0.1, 0.15) is 12.2 Å². The quantitative estimate of drug-likeness (QED) is 0.314. The summed E-state index contributed by atoms with van der Waals surface area (Å²) >= 11 is 0. The zero-order chi connectivity index (χ0) is 20.6. The van der Waals surface area contributed by atoms with E-state index in [1.165, 1.54) is 4.90 Å². The van der Waals surface area contributed by atoms with E-state index in [1.807, 2.05) is 0 Å². The third kappa shape index (κ3) is 7.18. The minimum absolute atomic E-state index is 0.0721. The number of methoxy groups -OCH3 is 2. The van der Waals surface area contributed by atoms with Gasteiger partial charge in [-0.2, -0.15) is 0 Å². The lowest BCUT2D eigenvalue weighted by molar-refractivity contribution is -0.141. The molecule has 0 aromatic carbocycles. The molecule has 152 valence electrons. The third-order valence-electron chi connectivity index (χ3n) is 3.23. The van der Waals surface area contributed by atoms with Gasteiger partial charge in [-0.05, 0) is 20.8 Å². The molecular weight excluding hydrogens is 360 g/mol. The maximum absolute atomic E-state index is 12.4. The topological polar surface area (TPSA) is 127 Å². The van der Waals surface area contributed by atoms with E-state index in [-0.39, 0.29) is 31.2 Å². The van der Waals surface area contributed by atoms with Crippen LogP contribution >= 0.6 is 0 Å². The molecule has 0 atom stereocenters. The average Bonchev–Trinajstić information content (AvgIpc) is 2.62. The summed E-state index contributed by atoms with van der Waals surface area (Å²) in [6.45, 7) is 5.63. The molecule has 10 nitrogen and oxygen atoms in total. The van der Waals surface area contributed by atoms with Crippen LogP contribution in [0.1, 0.15) is 20.8 Å². The van der Waals surface area contributed by atoms with E-state index < -0.39 is 23.6 Å². The fourth-order valence-corrected chi connectivity index (χ4v) is 1.99. The van der Waals surface area contributed by atoms with E-state index in [0.717, 1.165) is 20.3 Å². The molecule has 2 N–H and O–H groups in total. The van der Waals surface area contributed by atoms with Crippen LogP contribution in [0.4, 0.5) is 4.79 Å². The van der Waals surface area contributed by atoms with Crippen molar-refractivity contribution < 1.29 is 38.1 Å². The first kappa shape index (κ1) is 22.3. The average molecular weight is 386 g/mol. The van der Waals surface area contributed by atoms with Crippen LogP contribution in [0.2, 0.25) is 0 Å². The van der Waals surface area contributed by atoms with Crippen molar-refractivity contribution in [2.45, 2.75) is 26.4 Å². The Labute approximate surface area is 157 Å². The molecule has 0 aliphatic carbocycles.